The molecule has 1 rings (SSSR count). The quantitative estimate of drug-likeness (QED) is 0.411. The maximum Gasteiger partial charge on any atom is 0.119 e. The molecular weight excluding hydrogens is 304 g/mol. The van der Waals surface area contributed by atoms with Crippen LogP contribution in [-0.4, -0.2) is 33.8 Å². The molecule has 4 nitrogen and oxygen atoms in total. The van der Waals surface area contributed by atoms with Gasteiger partial charge in [0.1, 0.15) is 5.60 Å². The monoisotopic (exact) mass is 336 g/mol. The molecule has 0 amide bonds. The Morgan fingerprint density at radius 2 is 2.08 bits per heavy atom. The summed E-state index contributed by atoms with van der Waals surface area (Å²) in [6.45, 7) is 9.63. The molecule has 0 radical (unpaired) electrons. The normalized spacial score (nSPS) is 35.9. The molecule has 0 bridgehead atoms. The molecule has 24 heavy (non-hydrogen) atoms. The van der Waals surface area contributed by atoms with Crippen molar-refractivity contribution in [2.24, 2.45) is 5.92 Å². The largest absolute Gasteiger partial charge is 0.392 e. The molecule has 4 heteroatoms. The van der Waals surface area contributed by atoms with E-state index in [0.29, 0.717) is 18.4 Å². The second kappa shape index (κ2) is 9.94. The molecule has 0 spiro atoms. The summed E-state index contributed by atoms with van der Waals surface area (Å²) in [5.74, 6) is -0.270. The molecule has 0 saturated heterocycles. The Balaban J connectivity index is 3.08. The van der Waals surface area contributed by atoms with Crippen LogP contribution in [0.3, 0.4) is 0 Å². The molecule has 136 valence electrons. The number of aliphatic hydroxyl groups is 2. The van der Waals surface area contributed by atoms with Gasteiger partial charge in [0.25, 0.3) is 0 Å². The number of hydrogen-bond donors (Lipinski definition) is 3. The van der Waals surface area contributed by atoms with Gasteiger partial charge in [0.05, 0.1) is 12.7 Å². The fourth-order valence-electron chi connectivity index (χ4n) is 2.95. The third kappa shape index (κ3) is 6.73. The number of rotatable bonds is 3. The molecule has 0 heterocycles. The van der Waals surface area contributed by atoms with Crippen LogP contribution in [-0.2, 0) is 4.89 Å². The average molecular weight is 336 g/mol. The van der Waals surface area contributed by atoms with Gasteiger partial charge in [-0.05, 0) is 58.4 Å². The summed E-state index contributed by atoms with van der Waals surface area (Å²) in [6, 6.07) is 0. The minimum Gasteiger partial charge on any atom is -0.392 e. The molecule has 1 aliphatic carbocycles. The Kier molecular flexibility index (Phi) is 8.63. The molecule has 3 atom stereocenters. The summed E-state index contributed by atoms with van der Waals surface area (Å²) in [7, 11) is 0. The number of allylic oxidation sites excluding steroid dienone is 4. The second-order valence-electron chi connectivity index (χ2n) is 7.06. The van der Waals surface area contributed by atoms with E-state index in [-0.39, 0.29) is 12.5 Å². The van der Waals surface area contributed by atoms with Gasteiger partial charge in [-0.25, -0.2) is 4.89 Å². The summed E-state index contributed by atoms with van der Waals surface area (Å²) < 4.78 is 0. The van der Waals surface area contributed by atoms with E-state index in [4.69, 9.17) is 4.89 Å². The highest BCUT2D eigenvalue weighted by Gasteiger charge is 2.27. The minimum absolute atomic E-state index is 0.164. The van der Waals surface area contributed by atoms with Crippen molar-refractivity contribution < 1.29 is 20.4 Å². The van der Waals surface area contributed by atoms with Gasteiger partial charge in [0.2, 0.25) is 0 Å². The van der Waals surface area contributed by atoms with Crippen molar-refractivity contribution >= 4 is 0 Å². The lowest BCUT2D eigenvalue weighted by molar-refractivity contribution is -0.304. The van der Waals surface area contributed by atoms with Crippen molar-refractivity contribution in [1.29, 1.82) is 0 Å². The Morgan fingerprint density at radius 1 is 1.38 bits per heavy atom. The number of aliphatic hydroxyl groups excluding tert-OH is 2. The second-order valence-corrected chi connectivity index (χ2v) is 7.06. The lowest BCUT2D eigenvalue weighted by Gasteiger charge is -2.28. The highest BCUT2D eigenvalue weighted by molar-refractivity contribution is 5.15. The molecule has 1 aliphatic rings. The van der Waals surface area contributed by atoms with Crippen LogP contribution in [0.15, 0.2) is 47.6 Å². The fraction of sp³-hybridized carbons (Fsp3) is 0.600. The summed E-state index contributed by atoms with van der Waals surface area (Å²) in [5.41, 5.74) is 2.16. The highest BCUT2D eigenvalue weighted by Crippen LogP contribution is 2.28. The first kappa shape index (κ1) is 20.8. The molecule has 0 fully saturated rings. The van der Waals surface area contributed by atoms with Crippen LogP contribution in [0, 0.1) is 5.92 Å². The van der Waals surface area contributed by atoms with Crippen molar-refractivity contribution in [3.05, 3.63) is 47.6 Å². The van der Waals surface area contributed by atoms with Crippen LogP contribution in [0.2, 0.25) is 0 Å². The average Bonchev–Trinajstić information content (AvgIpc) is 2.53. The van der Waals surface area contributed by atoms with E-state index in [1.54, 1.807) is 6.92 Å². The third-order valence-corrected chi connectivity index (χ3v) is 4.70. The maximum atomic E-state index is 10.6. The van der Waals surface area contributed by atoms with Gasteiger partial charge in [-0.15, -0.1) is 0 Å². The Hall–Kier alpha value is -1.20. The van der Waals surface area contributed by atoms with E-state index in [1.807, 2.05) is 25.2 Å². The van der Waals surface area contributed by atoms with Crippen LogP contribution in [0.1, 0.15) is 52.9 Å². The zero-order chi connectivity index (χ0) is 18.2. The summed E-state index contributed by atoms with van der Waals surface area (Å²) in [4.78, 5) is 4.70. The lowest BCUT2D eigenvalue weighted by Crippen LogP contribution is -2.29. The highest BCUT2D eigenvalue weighted by atomic mass is 17.1. The van der Waals surface area contributed by atoms with Gasteiger partial charge in [0.15, 0.2) is 0 Å². The van der Waals surface area contributed by atoms with E-state index < -0.39 is 11.7 Å². The van der Waals surface area contributed by atoms with Crippen molar-refractivity contribution in [1.82, 2.24) is 0 Å². The van der Waals surface area contributed by atoms with Crippen LogP contribution < -0.4 is 0 Å². The predicted octanol–water partition coefficient (Wildman–Crippen LogP) is 4.17. The molecule has 0 aromatic rings. The van der Waals surface area contributed by atoms with Crippen LogP contribution >= 0.6 is 0 Å². The van der Waals surface area contributed by atoms with Crippen LogP contribution in [0.5, 0.6) is 0 Å². The molecule has 0 aromatic carbocycles. The third-order valence-electron chi connectivity index (χ3n) is 4.70. The van der Waals surface area contributed by atoms with E-state index in [1.165, 1.54) is 5.57 Å². The molecular formula is C20H32O4. The van der Waals surface area contributed by atoms with E-state index >= 15 is 0 Å². The van der Waals surface area contributed by atoms with Crippen molar-refractivity contribution in [2.45, 2.75) is 64.6 Å². The first-order valence-electron chi connectivity index (χ1n) is 8.61. The molecule has 0 aromatic heterocycles. The maximum absolute atomic E-state index is 10.6. The smallest absolute Gasteiger partial charge is 0.119 e. The zero-order valence-electron chi connectivity index (χ0n) is 15.2. The van der Waals surface area contributed by atoms with Gasteiger partial charge >= 0.3 is 0 Å². The zero-order valence-corrected chi connectivity index (χ0v) is 15.2. The first-order chi connectivity index (χ1) is 11.3. The molecule has 0 saturated carbocycles. The van der Waals surface area contributed by atoms with E-state index in [9.17, 15) is 15.5 Å². The van der Waals surface area contributed by atoms with Gasteiger partial charge in [-0.2, -0.15) is 0 Å². The first-order valence-corrected chi connectivity index (χ1v) is 8.61. The van der Waals surface area contributed by atoms with Gasteiger partial charge in [-0.3, -0.25) is 5.26 Å². The Bertz CT molecular complexity index is 504. The summed E-state index contributed by atoms with van der Waals surface area (Å²) in [5, 5.41) is 29.3. The van der Waals surface area contributed by atoms with E-state index in [0.717, 1.165) is 24.8 Å². The van der Waals surface area contributed by atoms with Gasteiger partial charge in [0, 0.05) is 5.92 Å². The number of hydrogen-bond acceptors (Lipinski definition) is 4. The van der Waals surface area contributed by atoms with Crippen molar-refractivity contribution in [2.75, 3.05) is 6.61 Å². The summed E-state index contributed by atoms with van der Waals surface area (Å²) in [6.07, 6.45) is 10.9. The van der Waals surface area contributed by atoms with Crippen LogP contribution in [0.25, 0.3) is 0 Å². The summed E-state index contributed by atoms with van der Waals surface area (Å²) >= 11 is 0. The van der Waals surface area contributed by atoms with Gasteiger partial charge in [-0.1, -0.05) is 42.0 Å². The fourth-order valence-corrected chi connectivity index (χ4v) is 2.95. The predicted molar refractivity (Wildman–Crippen MR) is 97.6 cm³/mol. The Morgan fingerprint density at radius 3 is 2.71 bits per heavy atom. The minimum atomic E-state index is -0.823. The standard InChI is InChI=1S/C20H32O4/c1-15-7-5-8-16(2)13-19(22)18(17(3)14-21)10-12-20(4,24-23)11-6-9-15/h6-7,11,13,18-19,21-23H,3,5,8-10,12,14H2,1-2,4H3/b11-6-,15-7-,16-13-/t18-,19-,20-/m0/s1. The Labute approximate surface area is 145 Å². The van der Waals surface area contributed by atoms with Crippen molar-refractivity contribution in [3.63, 3.8) is 0 Å². The van der Waals surface area contributed by atoms with E-state index in [2.05, 4.69) is 19.6 Å². The van der Waals surface area contributed by atoms with Crippen LogP contribution in [0.4, 0.5) is 0 Å². The van der Waals surface area contributed by atoms with Crippen molar-refractivity contribution in [3.8, 4) is 0 Å². The molecule has 3 N–H and O–H groups in total. The van der Waals surface area contributed by atoms with Gasteiger partial charge < -0.3 is 10.2 Å². The topological polar surface area (TPSA) is 69.9 Å². The molecule has 0 aliphatic heterocycles. The lowest BCUT2D eigenvalue weighted by atomic mass is 9.84. The SMILES string of the molecule is C=C(CO)[C@@H]1CC[C@@](C)(OO)/C=C\C/C(C)=C\CC/C(C)=C\[C@@H]1O. The molecule has 0 unspecified atom stereocenters.